The molecule has 1 aromatic carbocycles. The van der Waals surface area contributed by atoms with E-state index in [4.69, 9.17) is 11.6 Å². The molecule has 0 bridgehead atoms. The summed E-state index contributed by atoms with van der Waals surface area (Å²) in [6, 6.07) is 10.4. The Labute approximate surface area is 108 Å². The fourth-order valence-corrected chi connectivity index (χ4v) is 1.97. The maximum absolute atomic E-state index is 6.45. The molecule has 0 aliphatic rings. The van der Waals surface area contributed by atoms with Crippen molar-refractivity contribution in [1.29, 1.82) is 0 Å². The van der Waals surface area contributed by atoms with Gasteiger partial charge in [0.1, 0.15) is 0 Å². The molecule has 2 heteroatoms. The molecular weight excluding hydrogens is 230 g/mol. The van der Waals surface area contributed by atoms with E-state index in [0.717, 1.165) is 12.1 Å². The van der Waals surface area contributed by atoms with Crippen molar-refractivity contribution in [2.75, 3.05) is 0 Å². The number of alkyl halides is 1. The fourth-order valence-electron chi connectivity index (χ4n) is 1.82. The summed E-state index contributed by atoms with van der Waals surface area (Å²) in [6.45, 7) is 6.49. The highest BCUT2D eigenvalue weighted by Crippen LogP contribution is 2.29. The van der Waals surface area contributed by atoms with Crippen LogP contribution in [0.25, 0.3) is 10.8 Å². The van der Waals surface area contributed by atoms with Gasteiger partial charge in [0, 0.05) is 29.1 Å². The van der Waals surface area contributed by atoms with Crippen LogP contribution < -0.4 is 0 Å². The normalized spacial score (nSPS) is 13.9. The van der Waals surface area contributed by atoms with Gasteiger partial charge in [-0.15, -0.1) is 11.6 Å². The van der Waals surface area contributed by atoms with Crippen molar-refractivity contribution in [3.63, 3.8) is 0 Å². The number of aromatic nitrogens is 1. The van der Waals surface area contributed by atoms with E-state index in [0.29, 0.717) is 0 Å². The molecule has 1 nitrogen and oxygen atoms in total. The van der Waals surface area contributed by atoms with E-state index in [1.807, 2.05) is 24.4 Å². The smallest absolute Gasteiger partial charge is 0.0496 e. The summed E-state index contributed by atoms with van der Waals surface area (Å²) < 4.78 is 0. The van der Waals surface area contributed by atoms with Gasteiger partial charge >= 0.3 is 0 Å². The summed E-state index contributed by atoms with van der Waals surface area (Å²) in [4.78, 5) is 4.48. The average Bonchev–Trinajstić information content (AvgIpc) is 2.28. The topological polar surface area (TPSA) is 12.9 Å². The van der Waals surface area contributed by atoms with Crippen molar-refractivity contribution in [2.45, 2.75) is 32.6 Å². The van der Waals surface area contributed by atoms with Crippen molar-refractivity contribution < 1.29 is 0 Å². The molecule has 0 saturated carbocycles. The summed E-state index contributed by atoms with van der Waals surface area (Å²) in [6.07, 6.45) is 2.68. The van der Waals surface area contributed by atoms with Crippen molar-refractivity contribution in [3.8, 4) is 0 Å². The SMILES string of the molecule is CC(C)(C)C(Cl)Cc1nccc2ccccc12. The van der Waals surface area contributed by atoms with Gasteiger partial charge in [-0.3, -0.25) is 4.98 Å². The predicted molar refractivity (Wildman–Crippen MR) is 74.5 cm³/mol. The van der Waals surface area contributed by atoms with Crippen LogP contribution in [0.3, 0.4) is 0 Å². The highest BCUT2D eigenvalue weighted by Gasteiger charge is 2.23. The van der Waals surface area contributed by atoms with Crippen LogP contribution in [0.1, 0.15) is 26.5 Å². The lowest BCUT2D eigenvalue weighted by molar-refractivity contribution is 0.385. The second kappa shape index (κ2) is 4.66. The van der Waals surface area contributed by atoms with Crippen molar-refractivity contribution >= 4 is 22.4 Å². The van der Waals surface area contributed by atoms with Gasteiger partial charge in [-0.1, -0.05) is 45.0 Å². The van der Waals surface area contributed by atoms with Gasteiger partial charge in [0.15, 0.2) is 0 Å². The van der Waals surface area contributed by atoms with Crippen molar-refractivity contribution in [2.24, 2.45) is 5.41 Å². The molecule has 0 amide bonds. The summed E-state index contributed by atoms with van der Waals surface area (Å²) in [7, 11) is 0. The quantitative estimate of drug-likeness (QED) is 0.716. The Hall–Kier alpha value is -1.08. The number of pyridine rings is 1. The lowest BCUT2D eigenvalue weighted by atomic mass is 9.88. The number of hydrogen-bond acceptors (Lipinski definition) is 1. The third kappa shape index (κ3) is 2.78. The van der Waals surface area contributed by atoms with Gasteiger partial charge in [0.2, 0.25) is 0 Å². The first-order chi connectivity index (χ1) is 7.98. The molecular formula is C15H18ClN. The minimum absolute atomic E-state index is 0.0974. The minimum Gasteiger partial charge on any atom is -0.261 e. The lowest BCUT2D eigenvalue weighted by Gasteiger charge is -2.25. The molecule has 90 valence electrons. The molecule has 0 saturated heterocycles. The van der Waals surface area contributed by atoms with E-state index in [1.54, 1.807) is 0 Å². The second-order valence-corrected chi connectivity index (χ2v) is 6.04. The molecule has 0 radical (unpaired) electrons. The zero-order valence-corrected chi connectivity index (χ0v) is 11.3. The molecule has 1 aromatic heterocycles. The minimum atomic E-state index is 0.0974. The predicted octanol–water partition coefficient (Wildman–Crippen LogP) is 4.43. The monoisotopic (exact) mass is 247 g/mol. The van der Waals surface area contributed by atoms with Crippen LogP contribution in [0.5, 0.6) is 0 Å². The zero-order chi connectivity index (χ0) is 12.5. The first-order valence-corrected chi connectivity index (χ1v) is 6.39. The maximum Gasteiger partial charge on any atom is 0.0496 e. The van der Waals surface area contributed by atoms with Gasteiger partial charge in [-0.25, -0.2) is 0 Å². The first-order valence-electron chi connectivity index (χ1n) is 5.95. The van der Waals surface area contributed by atoms with Crippen molar-refractivity contribution in [3.05, 3.63) is 42.2 Å². The van der Waals surface area contributed by atoms with E-state index in [-0.39, 0.29) is 10.8 Å². The first kappa shape index (κ1) is 12.4. The molecule has 1 atom stereocenters. The molecule has 0 aliphatic heterocycles. The van der Waals surface area contributed by atoms with Crippen LogP contribution >= 0.6 is 11.6 Å². The Morgan fingerprint density at radius 3 is 2.59 bits per heavy atom. The van der Waals surface area contributed by atoms with E-state index >= 15 is 0 Å². The molecule has 2 rings (SSSR count). The molecule has 0 fully saturated rings. The summed E-state index contributed by atoms with van der Waals surface area (Å²) in [5, 5.41) is 2.54. The third-order valence-electron chi connectivity index (χ3n) is 3.07. The fraction of sp³-hybridized carbons (Fsp3) is 0.400. The van der Waals surface area contributed by atoms with Crippen LogP contribution in [-0.4, -0.2) is 10.4 Å². The van der Waals surface area contributed by atoms with Crippen LogP contribution in [-0.2, 0) is 6.42 Å². The van der Waals surface area contributed by atoms with E-state index < -0.39 is 0 Å². The van der Waals surface area contributed by atoms with E-state index in [1.165, 1.54) is 10.8 Å². The largest absolute Gasteiger partial charge is 0.261 e. The van der Waals surface area contributed by atoms with E-state index in [9.17, 15) is 0 Å². The van der Waals surface area contributed by atoms with Crippen LogP contribution in [0.4, 0.5) is 0 Å². The number of hydrogen-bond donors (Lipinski definition) is 0. The van der Waals surface area contributed by atoms with Gasteiger partial charge in [-0.05, 0) is 16.9 Å². The summed E-state index contributed by atoms with van der Waals surface area (Å²) >= 11 is 6.45. The number of nitrogens with zero attached hydrogens (tertiary/aromatic N) is 1. The summed E-state index contributed by atoms with van der Waals surface area (Å²) in [5.41, 5.74) is 1.19. The van der Waals surface area contributed by atoms with Crippen LogP contribution in [0.2, 0.25) is 0 Å². The van der Waals surface area contributed by atoms with Crippen molar-refractivity contribution in [1.82, 2.24) is 4.98 Å². The number of halogens is 1. The molecule has 0 spiro atoms. The van der Waals surface area contributed by atoms with Crippen LogP contribution in [0.15, 0.2) is 36.5 Å². The third-order valence-corrected chi connectivity index (χ3v) is 3.88. The second-order valence-electron chi connectivity index (χ2n) is 5.52. The molecule has 17 heavy (non-hydrogen) atoms. The zero-order valence-electron chi connectivity index (χ0n) is 10.6. The standard InChI is InChI=1S/C15H18ClN/c1-15(2,3)14(16)10-13-12-7-5-4-6-11(12)8-9-17-13/h4-9,14H,10H2,1-3H3. The van der Waals surface area contributed by atoms with Gasteiger partial charge < -0.3 is 0 Å². The number of fused-ring (bicyclic) bond motifs is 1. The molecule has 0 N–H and O–H groups in total. The Balaban J connectivity index is 2.36. The van der Waals surface area contributed by atoms with Gasteiger partial charge in [-0.2, -0.15) is 0 Å². The van der Waals surface area contributed by atoms with Gasteiger partial charge in [0.05, 0.1) is 0 Å². The van der Waals surface area contributed by atoms with Gasteiger partial charge in [0.25, 0.3) is 0 Å². The van der Waals surface area contributed by atoms with E-state index in [2.05, 4.69) is 37.9 Å². The average molecular weight is 248 g/mol. The van der Waals surface area contributed by atoms with Crippen LogP contribution in [0, 0.1) is 5.41 Å². The molecule has 1 heterocycles. The number of benzene rings is 1. The molecule has 0 aliphatic carbocycles. The molecule has 1 unspecified atom stereocenters. The highest BCUT2D eigenvalue weighted by atomic mass is 35.5. The number of rotatable bonds is 2. The highest BCUT2D eigenvalue weighted by molar-refractivity contribution is 6.21. The summed E-state index contributed by atoms with van der Waals surface area (Å²) in [5.74, 6) is 0. The lowest BCUT2D eigenvalue weighted by Crippen LogP contribution is -2.23. The Morgan fingerprint density at radius 2 is 1.88 bits per heavy atom. The Kier molecular flexibility index (Phi) is 3.39. The molecule has 2 aromatic rings. The Bertz CT molecular complexity index is 508. The Morgan fingerprint density at radius 1 is 1.18 bits per heavy atom. The maximum atomic E-state index is 6.45.